The SMILES string of the molecule is [2H]C([2H])([2H])C(=O)C([2H])([2H])CCCl. The molecule has 0 N–H and O–H groups in total. The molecule has 0 fully saturated rings. The van der Waals surface area contributed by atoms with E-state index in [4.69, 9.17) is 18.5 Å². The fraction of sp³-hybridized carbons (Fsp3) is 0.800. The molecule has 0 aromatic carbocycles. The van der Waals surface area contributed by atoms with E-state index < -0.39 is 19.0 Å². The van der Waals surface area contributed by atoms with Crippen LogP contribution in [0.2, 0.25) is 0 Å². The summed E-state index contributed by atoms with van der Waals surface area (Å²) >= 11 is 5.20. The highest BCUT2D eigenvalue weighted by atomic mass is 35.5. The third kappa shape index (κ3) is 5.96. The highest BCUT2D eigenvalue weighted by Crippen LogP contribution is 1.90. The summed E-state index contributed by atoms with van der Waals surface area (Å²) < 4.78 is 34.1. The van der Waals surface area contributed by atoms with Gasteiger partial charge in [-0.1, -0.05) is 0 Å². The first-order valence-electron chi connectivity index (χ1n) is 4.32. The first kappa shape index (κ1) is 2.06. The summed E-state index contributed by atoms with van der Waals surface area (Å²) in [6, 6.07) is 0. The minimum Gasteiger partial charge on any atom is -0.300 e. The Morgan fingerprint density at radius 1 is 2.14 bits per heavy atom. The molecule has 1 nitrogen and oxygen atoms in total. The standard InChI is InChI=1S/C5H9ClO/c1-5(7)3-2-4-6/h2-4H2,1H3/i1D3,3D2. The third-order valence-corrected chi connectivity index (χ3v) is 0.569. The zero-order valence-corrected chi connectivity index (χ0v) is 4.46. The van der Waals surface area contributed by atoms with Gasteiger partial charge in [0.05, 0.1) is 0 Å². The smallest absolute Gasteiger partial charge is 0.129 e. The maximum absolute atomic E-state index is 10.9. The van der Waals surface area contributed by atoms with Crippen molar-refractivity contribution >= 4 is 17.4 Å². The fourth-order valence-corrected chi connectivity index (χ4v) is 0.255. The van der Waals surface area contributed by atoms with Gasteiger partial charge in [0.1, 0.15) is 5.78 Å². The van der Waals surface area contributed by atoms with Crippen molar-refractivity contribution in [3.63, 3.8) is 0 Å². The van der Waals surface area contributed by atoms with Gasteiger partial charge in [0.25, 0.3) is 0 Å². The van der Waals surface area contributed by atoms with E-state index in [9.17, 15) is 4.79 Å². The van der Waals surface area contributed by atoms with Crippen LogP contribution in [-0.4, -0.2) is 11.7 Å². The van der Waals surface area contributed by atoms with Crippen molar-refractivity contribution in [3.05, 3.63) is 0 Å². The Bertz CT molecular complexity index is 175. The second kappa shape index (κ2) is 4.13. The number of halogens is 1. The van der Waals surface area contributed by atoms with Gasteiger partial charge in [0, 0.05) is 19.1 Å². The van der Waals surface area contributed by atoms with Gasteiger partial charge in [0.2, 0.25) is 0 Å². The van der Waals surface area contributed by atoms with Crippen LogP contribution in [-0.2, 0) is 4.79 Å². The summed E-state index contributed by atoms with van der Waals surface area (Å²) in [5.74, 6) is -1.45. The number of hydrogen-bond acceptors (Lipinski definition) is 1. The van der Waals surface area contributed by atoms with Gasteiger partial charge in [-0.25, -0.2) is 0 Å². The van der Waals surface area contributed by atoms with E-state index in [0.29, 0.717) is 0 Å². The zero-order valence-electron chi connectivity index (χ0n) is 8.70. The second-order valence-electron chi connectivity index (χ2n) is 0.945. The van der Waals surface area contributed by atoms with Gasteiger partial charge >= 0.3 is 0 Å². The predicted octanol–water partition coefficient (Wildman–Crippen LogP) is 1.59. The van der Waals surface area contributed by atoms with E-state index in [0.717, 1.165) is 0 Å². The highest BCUT2D eigenvalue weighted by molar-refractivity contribution is 6.17. The summed E-state index contributed by atoms with van der Waals surface area (Å²) in [6.07, 6.45) is -2.61. The number of carbonyl (C=O) groups excluding carboxylic acids is 1. The molecule has 42 valence electrons. The first-order valence-corrected chi connectivity index (χ1v) is 2.36. The molecule has 0 heterocycles. The highest BCUT2D eigenvalue weighted by Gasteiger charge is 1.88. The monoisotopic (exact) mass is 125 g/mol. The van der Waals surface area contributed by atoms with Crippen LogP contribution in [0.3, 0.4) is 0 Å². The predicted molar refractivity (Wildman–Crippen MR) is 30.6 cm³/mol. The number of hydrogen-bond donors (Lipinski definition) is 0. The Kier molecular flexibility index (Phi) is 1.21. The molecule has 0 rings (SSSR count). The maximum Gasteiger partial charge on any atom is 0.129 e. The molecule has 0 spiro atoms. The van der Waals surface area contributed by atoms with E-state index in [1.54, 1.807) is 0 Å². The average Bonchev–Trinajstić information content (AvgIpc) is 1.84. The normalized spacial score (nSPS) is 23.3. The van der Waals surface area contributed by atoms with Crippen molar-refractivity contribution in [2.75, 3.05) is 5.88 Å². The number of carbonyl (C=O) groups is 1. The van der Waals surface area contributed by atoms with Gasteiger partial charge in [-0.2, -0.15) is 0 Å². The van der Waals surface area contributed by atoms with Gasteiger partial charge in [-0.15, -0.1) is 11.6 Å². The van der Waals surface area contributed by atoms with Crippen LogP contribution in [0, 0.1) is 0 Å². The number of ketones is 1. The summed E-state index contributed by atoms with van der Waals surface area (Å²) in [7, 11) is 0. The molecule has 0 aliphatic carbocycles. The molecule has 0 atom stereocenters. The molecular weight excluding hydrogens is 112 g/mol. The largest absolute Gasteiger partial charge is 0.300 e. The van der Waals surface area contributed by atoms with Gasteiger partial charge in [-0.3, -0.25) is 0 Å². The zero-order chi connectivity index (χ0) is 9.99. The van der Waals surface area contributed by atoms with E-state index in [1.165, 1.54) is 0 Å². The quantitative estimate of drug-likeness (QED) is 0.524. The molecule has 2 heteroatoms. The number of rotatable bonds is 3. The summed E-state index contributed by atoms with van der Waals surface area (Å²) in [5, 5.41) is 0. The molecule has 0 radical (unpaired) electrons. The van der Waals surface area contributed by atoms with Crippen LogP contribution < -0.4 is 0 Å². The van der Waals surface area contributed by atoms with E-state index in [2.05, 4.69) is 0 Å². The van der Waals surface area contributed by atoms with E-state index in [-0.39, 0.29) is 12.3 Å². The van der Waals surface area contributed by atoms with E-state index in [1.807, 2.05) is 0 Å². The van der Waals surface area contributed by atoms with Crippen molar-refractivity contribution in [2.24, 2.45) is 0 Å². The number of Topliss-reactive ketones (excluding diaryl/α,β-unsaturated/α-hetero) is 1. The molecule has 0 saturated carbocycles. The molecule has 0 amide bonds. The Labute approximate surface area is 55.7 Å². The molecule has 0 saturated heterocycles. The lowest BCUT2D eigenvalue weighted by Gasteiger charge is -1.85. The van der Waals surface area contributed by atoms with Gasteiger partial charge in [-0.05, 0) is 13.3 Å². The van der Waals surface area contributed by atoms with Crippen LogP contribution >= 0.6 is 11.6 Å². The topological polar surface area (TPSA) is 17.1 Å². The summed E-state index contributed by atoms with van der Waals surface area (Å²) in [5.41, 5.74) is 0. The van der Waals surface area contributed by atoms with Gasteiger partial charge < -0.3 is 4.79 Å². The maximum atomic E-state index is 10.9. The minimum absolute atomic E-state index is 0.0746. The van der Waals surface area contributed by atoms with Crippen molar-refractivity contribution in [3.8, 4) is 0 Å². The van der Waals surface area contributed by atoms with Crippen LogP contribution in [0.25, 0.3) is 0 Å². The average molecular weight is 126 g/mol. The molecule has 0 aliphatic rings. The number of alkyl halides is 1. The van der Waals surface area contributed by atoms with E-state index >= 15 is 0 Å². The Hall–Kier alpha value is -0.0400. The van der Waals surface area contributed by atoms with Crippen molar-refractivity contribution in [1.29, 1.82) is 0 Å². The van der Waals surface area contributed by atoms with Gasteiger partial charge in [0.15, 0.2) is 0 Å². The van der Waals surface area contributed by atoms with Crippen molar-refractivity contribution in [2.45, 2.75) is 19.6 Å². The lowest BCUT2D eigenvalue weighted by molar-refractivity contribution is -0.117. The van der Waals surface area contributed by atoms with Crippen LogP contribution in [0.4, 0.5) is 0 Å². The second-order valence-corrected chi connectivity index (χ2v) is 1.32. The molecule has 0 aromatic heterocycles. The Morgan fingerprint density at radius 2 is 2.86 bits per heavy atom. The van der Waals surface area contributed by atoms with Crippen molar-refractivity contribution < 1.29 is 11.6 Å². The lowest BCUT2D eigenvalue weighted by Crippen LogP contribution is -1.88. The molecule has 0 unspecified atom stereocenters. The summed E-state index contributed by atoms with van der Waals surface area (Å²) in [6.45, 7) is -2.88. The molecule has 0 bridgehead atoms. The van der Waals surface area contributed by atoms with Crippen LogP contribution in [0.1, 0.15) is 26.5 Å². The molecule has 0 aliphatic heterocycles. The fourth-order valence-electron chi connectivity index (χ4n) is 0.161. The van der Waals surface area contributed by atoms with Crippen molar-refractivity contribution in [1.82, 2.24) is 0 Å². The molecular formula is C5H9ClO. The minimum atomic E-state index is -2.88. The lowest BCUT2D eigenvalue weighted by atomic mass is 10.3. The first-order chi connectivity index (χ1) is 5.22. The molecule has 0 aromatic rings. The Balaban J connectivity index is 4.46. The summed E-state index contributed by atoms with van der Waals surface area (Å²) in [4.78, 5) is 10.9. The van der Waals surface area contributed by atoms with Crippen LogP contribution in [0.5, 0.6) is 0 Å². The Morgan fingerprint density at radius 3 is 3.29 bits per heavy atom. The third-order valence-electron chi connectivity index (χ3n) is 0.380. The molecule has 7 heavy (non-hydrogen) atoms. The van der Waals surface area contributed by atoms with Crippen LogP contribution in [0.15, 0.2) is 0 Å².